The molecule has 0 amide bonds. The highest BCUT2D eigenvalue weighted by Gasteiger charge is 2.19. The molecule has 0 fully saturated rings. The maximum Gasteiger partial charge on any atom is 0.306 e. The van der Waals surface area contributed by atoms with E-state index in [4.69, 9.17) is 14.2 Å². The van der Waals surface area contributed by atoms with Gasteiger partial charge in [0.1, 0.15) is 13.2 Å². The molecule has 0 saturated heterocycles. The molecule has 66 heavy (non-hydrogen) atoms. The molecule has 6 nitrogen and oxygen atoms in total. The van der Waals surface area contributed by atoms with Gasteiger partial charge in [-0.05, 0) is 116 Å². The SMILES string of the molecule is CC/C=C\C/C=C\C/C=C\C/C=C\C/C=C\C/C=C\CCC(=O)OCC(COC(=O)CCCCCCC/C=C\C/C=C\CCCC)OC(=O)CCCCCCC/C=C\C/C=C\CCCCC. The topological polar surface area (TPSA) is 78.9 Å². The molecule has 0 aliphatic heterocycles. The first-order valence-corrected chi connectivity index (χ1v) is 26.5. The summed E-state index contributed by atoms with van der Waals surface area (Å²) in [5, 5.41) is 0. The van der Waals surface area contributed by atoms with Crippen LogP contribution in [0, 0.1) is 0 Å². The highest BCUT2D eigenvalue weighted by atomic mass is 16.6. The predicted molar refractivity (Wildman–Crippen MR) is 283 cm³/mol. The van der Waals surface area contributed by atoms with Crippen LogP contribution in [0.15, 0.2) is 122 Å². The average Bonchev–Trinajstić information content (AvgIpc) is 3.31. The van der Waals surface area contributed by atoms with E-state index in [1.165, 1.54) is 44.9 Å². The zero-order valence-electron chi connectivity index (χ0n) is 42.4. The molecule has 1 atom stereocenters. The number of carbonyl (C=O) groups excluding carboxylic acids is 3. The summed E-state index contributed by atoms with van der Waals surface area (Å²) in [6.07, 6.45) is 73.3. The van der Waals surface area contributed by atoms with Crippen LogP contribution in [0.1, 0.15) is 220 Å². The summed E-state index contributed by atoms with van der Waals surface area (Å²) >= 11 is 0. The first-order valence-electron chi connectivity index (χ1n) is 26.5. The number of esters is 3. The first kappa shape index (κ1) is 61.8. The van der Waals surface area contributed by atoms with Crippen LogP contribution in [0.5, 0.6) is 0 Å². The van der Waals surface area contributed by atoms with Gasteiger partial charge in [-0.25, -0.2) is 0 Å². The van der Waals surface area contributed by atoms with E-state index in [2.05, 4.69) is 130 Å². The number of unbranched alkanes of at least 4 members (excludes halogenated alkanes) is 15. The zero-order chi connectivity index (χ0) is 47.9. The van der Waals surface area contributed by atoms with Gasteiger partial charge in [-0.2, -0.15) is 0 Å². The van der Waals surface area contributed by atoms with Crippen molar-refractivity contribution in [3.8, 4) is 0 Å². The number of rotatable bonds is 46. The zero-order valence-corrected chi connectivity index (χ0v) is 42.4. The quantitative estimate of drug-likeness (QED) is 0.0262. The van der Waals surface area contributed by atoms with Crippen molar-refractivity contribution in [3.05, 3.63) is 122 Å². The van der Waals surface area contributed by atoms with Gasteiger partial charge in [-0.3, -0.25) is 14.4 Å². The van der Waals surface area contributed by atoms with Crippen molar-refractivity contribution in [2.24, 2.45) is 0 Å². The normalized spacial score (nSPS) is 13.1. The van der Waals surface area contributed by atoms with Crippen molar-refractivity contribution < 1.29 is 28.6 Å². The van der Waals surface area contributed by atoms with Crippen molar-refractivity contribution in [2.75, 3.05) is 13.2 Å². The Morgan fingerprint density at radius 2 is 0.636 bits per heavy atom. The van der Waals surface area contributed by atoms with Gasteiger partial charge in [0.05, 0.1) is 0 Å². The monoisotopic (exact) mass is 913 g/mol. The Hall–Kier alpha value is -4.19. The third-order valence-electron chi connectivity index (χ3n) is 10.7. The summed E-state index contributed by atoms with van der Waals surface area (Å²) in [5.41, 5.74) is 0. The van der Waals surface area contributed by atoms with Crippen LogP contribution in [-0.4, -0.2) is 37.2 Å². The molecule has 0 aliphatic rings. The van der Waals surface area contributed by atoms with Crippen LogP contribution in [0.2, 0.25) is 0 Å². The highest BCUT2D eigenvalue weighted by molar-refractivity contribution is 5.71. The molecule has 0 bridgehead atoms. The number of carbonyl (C=O) groups is 3. The van der Waals surface area contributed by atoms with Gasteiger partial charge in [-0.15, -0.1) is 0 Å². The molecular weight excluding hydrogens is 817 g/mol. The predicted octanol–water partition coefficient (Wildman–Crippen LogP) is 17.7. The molecule has 372 valence electrons. The molecular formula is C60H96O6. The highest BCUT2D eigenvalue weighted by Crippen LogP contribution is 2.12. The van der Waals surface area contributed by atoms with Crippen LogP contribution in [-0.2, 0) is 28.6 Å². The fourth-order valence-electron chi connectivity index (χ4n) is 6.69. The summed E-state index contributed by atoms with van der Waals surface area (Å²) < 4.78 is 16.7. The molecule has 0 spiro atoms. The minimum absolute atomic E-state index is 0.118. The lowest BCUT2D eigenvalue weighted by Gasteiger charge is -2.18. The Balaban J connectivity index is 4.56. The van der Waals surface area contributed by atoms with Crippen molar-refractivity contribution in [1.82, 2.24) is 0 Å². The second-order valence-corrected chi connectivity index (χ2v) is 17.0. The second-order valence-electron chi connectivity index (χ2n) is 17.0. The number of allylic oxidation sites excluding steroid dienone is 20. The summed E-state index contributed by atoms with van der Waals surface area (Å²) in [6, 6.07) is 0. The van der Waals surface area contributed by atoms with Crippen LogP contribution in [0.4, 0.5) is 0 Å². The summed E-state index contributed by atoms with van der Waals surface area (Å²) in [6.45, 7) is 6.35. The molecule has 0 aromatic heterocycles. The lowest BCUT2D eigenvalue weighted by molar-refractivity contribution is -0.166. The molecule has 6 heteroatoms. The average molecular weight is 913 g/mol. The Labute approximate surface area is 405 Å². The standard InChI is InChI=1S/C60H96O6/c1-4-7-10-13-16-19-22-25-28-29-30-31-33-35-38-41-44-47-50-53-59(62)65-56-57(55-64-58(61)52-49-46-43-40-37-34-27-24-21-18-15-12-9-6-3)66-60(63)54-51-48-45-42-39-36-32-26-23-20-17-14-11-8-5-2/h7,10,15-20,24-28,30-32,35,38,44,47,57H,4-6,8-9,11-14,21-23,29,33-34,36-37,39-43,45-46,48-56H2,1-3H3/b10-7-,18-15-,19-16-,20-17-,27-24-,28-25-,31-30-,32-26-,38-35-,47-44-. The van der Waals surface area contributed by atoms with Crippen LogP contribution < -0.4 is 0 Å². The molecule has 0 rings (SSSR count). The Morgan fingerprint density at radius 3 is 1.06 bits per heavy atom. The maximum absolute atomic E-state index is 12.8. The second kappa shape index (κ2) is 53.4. The van der Waals surface area contributed by atoms with E-state index < -0.39 is 6.10 Å². The van der Waals surface area contributed by atoms with Gasteiger partial charge < -0.3 is 14.2 Å². The molecule has 1 unspecified atom stereocenters. The fourth-order valence-corrected chi connectivity index (χ4v) is 6.69. The molecule has 0 aromatic carbocycles. The third kappa shape index (κ3) is 50.8. The number of hydrogen-bond donors (Lipinski definition) is 0. The van der Waals surface area contributed by atoms with Gasteiger partial charge in [-0.1, -0.05) is 206 Å². The van der Waals surface area contributed by atoms with Crippen molar-refractivity contribution in [1.29, 1.82) is 0 Å². The molecule has 0 aliphatic carbocycles. The molecule has 0 aromatic rings. The van der Waals surface area contributed by atoms with E-state index in [0.717, 1.165) is 128 Å². The number of ether oxygens (including phenoxy) is 3. The van der Waals surface area contributed by atoms with Crippen LogP contribution in [0.25, 0.3) is 0 Å². The molecule has 0 radical (unpaired) electrons. The van der Waals surface area contributed by atoms with Gasteiger partial charge in [0, 0.05) is 19.3 Å². The minimum Gasteiger partial charge on any atom is -0.462 e. The number of hydrogen-bond acceptors (Lipinski definition) is 6. The Kier molecular flexibility index (Phi) is 50.0. The van der Waals surface area contributed by atoms with E-state index >= 15 is 0 Å². The van der Waals surface area contributed by atoms with Crippen molar-refractivity contribution >= 4 is 17.9 Å². The smallest absolute Gasteiger partial charge is 0.306 e. The van der Waals surface area contributed by atoms with Gasteiger partial charge in [0.25, 0.3) is 0 Å². The Morgan fingerprint density at radius 1 is 0.318 bits per heavy atom. The van der Waals surface area contributed by atoms with Gasteiger partial charge in [0.2, 0.25) is 0 Å². The minimum atomic E-state index is -0.825. The largest absolute Gasteiger partial charge is 0.462 e. The fraction of sp³-hybridized carbons (Fsp3) is 0.617. The molecule has 0 saturated carbocycles. The lowest BCUT2D eigenvalue weighted by Crippen LogP contribution is -2.30. The third-order valence-corrected chi connectivity index (χ3v) is 10.7. The van der Waals surface area contributed by atoms with E-state index in [-0.39, 0.29) is 44.0 Å². The molecule has 0 N–H and O–H groups in total. The first-order chi connectivity index (χ1) is 32.5. The summed E-state index contributed by atoms with van der Waals surface area (Å²) in [7, 11) is 0. The van der Waals surface area contributed by atoms with Gasteiger partial charge in [0.15, 0.2) is 6.10 Å². The van der Waals surface area contributed by atoms with E-state index in [9.17, 15) is 14.4 Å². The van der Waals surface area contributed by atoms with Crippen molar-refractivity contribution in [3.63, 3.8) is 0 Å². The van der Waals surface area contributed by atoms with E-state index in [0.29, 0.717) is 12.8 Å². The van der Waals surface area contributed by atoms with Crippen LogP contribution >= 0.6 is 0 Å². The van der Waals surface area contributed by atoms with Gasteiger partial charge >= 0.3 is 17.9 Å². The van der Waals surface area contributed by atoms with E-state index in [1.807, 2.05) is 12.2 Å². The summed E-state index contributed by atoms with van der Waals surface area (Å²) in [4.78, 5) is 38.0. The lowest BCUT2D eigenvalue weighted by atomic mass is 10.1. The van der Waals surface area contributed by atoms with E-state index in [1.54, 1.807) is 0 Å². The molecule has 0 heterocycles. The Bertz CT molecular complexity index is 1420. The van der Waals surface area contributed by atoms with Crippen molar-refractivity contribution in [2.45, 2.75) is 226 Å². The van der Waals surface area contributed by atoms with Crippen LogP contribution in [0.3, 0.4) is 0 Å². The maximum atomic E-state index is 12.8. The summed E-state index contributed by atoms with van der Waals surface area (Å²) in [5.74, 6) is -1.04.